The fourth-order valence-corrected chi connectivity index (χ4v) is 1.98. The average Bonchev–Trinajstić information content (AvgIpc) is 2.51. The Kier molecular flexibility index (Phi) is 5.21. The zero-order valence-corrected chi connectivity index (χ0v) is 12.3. The molecule has 4 heteroatoms. The van der Waals surface area contributed by atoms with Gasteiger partial charge < -0.3 is 14.8 Å². The third kappa shape index (κ3) is 4.24. The zero-order valence-electron chi connectivity index (χ0n) is 12.3. The summed E-state index contributed by atoms with van der Waals surface area (Å²) in [7, 11) is 1.37. The van der Waals surface area contributed by atoms with Crippen molar-refractivity contribution in [2.75, 3.05) is 25.6 Å². The molecule has 2 aromatic carbocycles. The molecule has 0 aliphatic rings. The lowest BCUT2D eigenvalue weighted by Crippen LogP contribution is -2.14. The van der Waals surface area contributed by atoms with Gasteiger partial charge in [-0.25, -0.2) is 4.79 Å². The highest BCUT2D eigenvalue weighted by Crippen LogP contribution is 2.16. The van der Waals surface area contributed by atoms with E-state index in [0.29, 0.717) is 18.7 Å². The molecule has 0 aliphatic carbocycles. The maximum Gasteiger partial charge on any atom is 0.339 e. The van der Waals surface area contributed by atoms with Gasteiger partial charge in [0.25, 0.3) is 0 Å². The summed E-state index contributed by atoms with van der Waals surface area (Å²) in [6, 6.07) is 15.2. The van der Waals surface area contributed by atoms with Crippen molar-refractivity contribution in [1.82, 2.24) is 0 Å². The van der Waals surface area contributed by atoms with Gasteiger partial charge in [-0.15, -0.1) is 0 Å². The van der Waals surface area contributed by atoms with Gasteiger partial charge >= 0.3 is 5.97 Å². The number of benzene rings is 2. The molecule has 0 aliphatic heterocycles. The molecule has 0 bridgehead atoms. The van der Waals surface area contributed by atoms with E-state index in [0.717, 1.165) is 17.0 Å². The van der Waals surface area contributed by atoms with Crippen molar-refractivity contribution in [3.63, 3.8) is 0 Å². The highest BCUT2D eigenvalue weighted by Gasteiger charge is 2.10. The summed E-state index contributed by atoms with van der Waals surface area (Å²) < 4.78 is 10.4. The lowest BCUT2D eigenvalue weighted by Gasteiger charge is -2.11. The summed E-state index contributed by atoms with van der Waals surface area (Å²) in [5.74, 6) is 0.496. The Bertz CT molecular complexity index is 610. The fraction of sp³-hybridized carbons (Fsp3) is 0.235. The molecule has 0 atom stereocenters. The summed E-state index contributed by atoms with van der Waals surface area (Å²) in [5.41, 5.74) is 2.43. The van der Waals surface area contributed by atoms with Gasteiger partial charge in [0, 0.05) is 12.2 Å². The third-order valence-electron chi connectivity index (χ3n) is 3.01. The minimum atomic E-state index is -0.349. The Morgan fingerprint density at radius 3 is 2.71 bits per heavy atom. The van der Waals surface area contributed by atoms with Crippen LogP contribution in [0.15, 0.2) is 48.5 Å². The van der Waals surface area contributed by atoms with Crippen LogP contribution in [0.3, 0.4) is 0 Å². The fourth-order valence-electron chi connectivity index (χ4n) is 1.98. The van der Waals surface area contributed by atoms with E-state index < -0.39 is 0 Å². The number of hydrogen-bond acceptors (Lipinski definition) is 4. The van der Waals surface area contributed by atoms with E-state index in [1.807, 2.05) is 43.3 Å². The summed E-state index contributed by atoms with van der Waals surface area (Å²) in [6.45, 7) is 3.14. The van der Waals surface area contributed by atoms with Crippen LogP contribution < -0.4 is 10.1 Å². The molecule has 0 saturated heterocycles. The first-order chi connectivity index (χ1) is 10.2. The van der Waals surface area contributed by atoms with Crippen LogP contribution in [0, 0.1) is 6.92 Å². The number of para-hydroxylation sites is 1. The van der Waals surface area contributed by atoms with Gasteiger partial charge in [0.1, 0.15) is 12.4 Å². The number of carbonyl (C=O) groups excluding carboxylic acids is 1. The maximum atomic E-state index is 11.6. The van der Waals surface area contributed by atoms with Gasteiger partial charge in [0.15, 0.2) is 0 Å². The summed E-state index contributed by atoms with van der Waals surface area (Å²) in [4.78, 5) is 11.6. The van der Waals surface area contributed by atoms with E-state index in [4.69, 9.17) is 9.47 Å². The Balaban J connectivity index is 1.88. The minimum Gasteiger partial charge on any atom is -0.492 e. The zero-order chi connectivity index (χ0) is 15.1. The number of carbonyl (C=O) groups is 1. The number of rotatable bonds is 6. The molecule has 0 unspecified atom stereocenters. The lowest BCUT2D eigenvalue weighted by atomic mass is 10.2. The second kappa shape index (κ2) is 7.33. The van der Waals surface area contributed by atoms with Crippen molar-refractivity contribution >= 4 is 11.7 Å². The minimum absolute atomic E-state index is 0.349. The number of esters is 1. The van der Waals surface area contributed by atoms with Gasteiger partial charge in [-0.1, -0.05) is 24.3 Å². The van der Waals surface area contributed by atoms with Crippen molar-refractivity contribution in [3.8, 4) is 5.75 Å². The highest BCUT2D eigenvalue weighted by atomic mass is 16.5. The van der Waals surface area contributed by atoms with Crippen molar-refractivity contribution in [2.24, 2.45) is 0 Å². The van der Waals surface area contributed by atoms with E-state index in [1.165, 1.54) is 7.11 Å². The van der Waals surface area contributed by atoms with Crippen LogP contribution in [0.25, 0.3) is 0 Å². The molecule has 0 radical (unpaired) electrons. The number of nitrogens with one attached hydrogen (secondary N) is 1. The summed E-state index contributed by atoms with van der Waals surface area (Å²) in [6.07, 6.45) is 0. The molecule has 0 saturated carbocycles. The molecule has 2 rings (SSSR count). The average molecular weight is 285 g/mol. The molecule has 0 heterocycles. The van der Waals surface area contributed by atoms with Gasteiger partial charge in [0.05, 0.1) is 12.7 Å². The number of anilines is 1. The van der Waals surface area contributed by atoms with E-state index in [9.17, 15) is 4.79 Å². The molecular weight excluding hydrogens is 266 g/mol. The van der Waals surface area contributed by atoms with E-state index >= 15 is 0 Å². The van der Waals surface area contributed by atoms with Crippen molar-refractivity contribution in [3.05, 3.63) is 59.7 Å². The SMILES string of the molecule is COC(=O)c1ccccc1NCCOc1cccc(C)c1. The van der Waals surface area contributed by atoms with Crippen molar-refractivity contribution in [2.45, 2.75) is 6.92 Å². The second-order valence-electron chi connectivity index (χ2n) is 4.63. The highest BCUT2D eigenvalue weighted by molar-refractivity contribution is 5.95. The van der Waals surface area contributed by atoms with Crippen LogP contribution in [0.4, 0.5) is 5.69 Å². The molecule has 1 N–H and O–H groups in total. The first kappa shape index (κ1) is 14.9. The first-order valence-electron chi connectivity index (χ1n) is 6.81. The van der Waals surface area contributed by atoms with E-state index in [1.54, 1.807) is 12.1 Å². The molecule has 2 aromatic rings. The quantitative estimate of drug-likeness (QED) is 0.653. The molecule has 21 heavy (non-hydrogen) atoms. The van der Waals surface area contributed by atoms with Crippen LogP contribution in [-0.2, 0) is 4.74 Å². The van der Waals surface area contributed by atoms with Gasteiger partial charge in [-0.3, -0.25) is 0 Å². The topological polar surface area (TPSA) is 47.6 Å². The van der Waals surface area contributed by atoms with E-state index in [2.05, 4.69) is 5.32 Å². The molecule has 110 valence electrons. The van der Waals surface area contributed by atoms with Crippen LogP contribution in [0.1, 0.15) is 15.9 Å². The predicted octanol–water partition coefficient (Wildman–Crippen LogP) is 3.27. The smallest absolute Gasteiger partial charge is 0.339 e. The van der Waals surface area contributed by atoms with Gasteiger partial charge in [-0.2, -0.15) is 0 Å². The monoisotopic (exact) mass is 285 g/mol. The molecule has 4 nitrogen and oxygen atoms in total. The second-order valence-corrected chi connectivity index (χ2v) is 4.63. The summed E-state index contributed by atoms with van der Waals surface area (Å²) in [5, 5.41) is 3.19. The van der Waals surface area contributed by atoms with Crippen LogP contribution in [-0.4, -0.2) is 26.2 Å². The number of hydrogen-bond donors (Lipinski definition) is 1. The Morgan fingerprint density at radius 2 is 1.95 bits per heavy atom. The Morgan fingerprint density at radius 1 is 1.14 bits per heavy atom. The Hall–Kier alpha value is -2.49. The Labute approximate surface area is 124 Å². The molecule has 0 fully saturated rings. The largest absolute Gasteiger partial charge is 0.492 e. The third-order valence-corrected chi connectivity index (χ3v) is 3.01. The summed E-state index contributed by atoms with van der Waals surface area (Å²) >= 11 is 0. The van der Waals surface area contributed by atoms with E-state index in [-0.39, 0.29) is 5.97 Å². The van der Waals surface area contributed by atoms with Crippen molar-refractivity contribution in [1.29, 1.82) is 0 Å². The molecule has 0 amide bonds. The molecule has 0 aromatic heterocycles. The number of methoxy groups -OCH3 is 1. The maximum absolute atomic E-state index is 11.6. The van der Waals surface area contributed by atoms with Gasteiger partial charge in [0.2, 0.25) is 0 Å². The standard InChI is InChI=1S/C17H19NO3/c1-13-6-5-7-14(12-13)21-11-10-18-16-9-4-3-8-15(16)17(19)20-2/h3-9,12,18H,10-11H2,1-2H3. The van der Waals surface area contributed by atoms with Crippen LogP contribution in [0.2, 0.25) is 0 Å². The lowest BCUT2D eigenvalue weighted by molar-refractivity contribution is 0.0602. The predicted molar refractivity (Wildman–Crippen MR) is 82.9 cm³/mol. The number of ether oxygens (including phenoxy) is 2. The van der Waals surface area contributed by atoms with Crippen LogP contribution >= 0.6 is 0 Å². The first-order valence-corrected chi connectivity index (χ1v) is 6.81. The normalized spacial score (nSPS) is 10.0. The molecular formula is C17H19NO3. The molecule has 0 spiro atoms. The van der Waals surface area contributed by atoms with Gasteiger partial charge in [-0.05, 0) is 36.8 Å². The number of aryl methyl sites for hydroxylation is 1. The van der Waals surface area contributed by atoms with Crippen LogP contribution in [0.5, 0.6) is 5.75 Å². The van der Waals surface area contributed by atoms with Crippen molar-refractivity contribution < 1.29 is 14.3 Å².